The molecule has 2 amide bonds. The molecule has 1 spiro atoms. The number of aliphatic hydroxyl groups excluding tert-OH is 1. The molecule has 11 nitrogen and oxygen atoms in total. The predicted octanol–water partition coefficient (Wildman–Crippen LogP) is 5.93. The number of para-hydroxylation sites is 1. The van der Waals surface area contributed by atoms with Crippen LogP contribution >= 0.6 is 0 Å². The molecule has 4 aliphatic rings. The molecule has 9 rings (SSSR count). The van der Waals surface area contributed by atoms with Gasteiger partial charge in [0.05, 0.1) is 38.8 Å². The molecule has 0 radical (unpaired) electrons. The molecule has 57 heavy (non-hydrogen) atoms. The quantitative estimate of drug-likeness (QED) is 0.176. The van der Waals surface area contributed by atoms with Crippen molar-refractivity contribution in [3.05, 3.63) is 155 Å². The van der Waals surface area contributed by atoms with Gasteiger partial charge < -0.3 is 34.3 Å². The van der Waals surface area contributed by atoms with Gasteiger partial charge in [-0.15, -0.1) is 0 Å². The van der Waals surface area contributed by atoms with Gasteiger partial charge in [0, 0.05) is 18.8 Å². The average molecular weight is 766 g/mol. The van der Waals surface area contributed by atoms with Crippen LogP contribution in [0.2, 0.25) is 0 Å². The van der Waals surface area contributed by atoms with E-state index in [9.17, 15) is 5.11 Å². The maximum atomic E-state index is 15.8. The van der Waals surface area contributed by atoms with Gasteiger partial charge in [0.15, 0.2) is 11.5 Å². The molecule has 6 atom stereocenters. The maximum absolute atomic E-state index is 15.8. The second-order valence-electron chi connectivity index (χ2n) is 14.9. The first-order valence-electron chi connectivity index (χ1n) is 19.2. The Bertz CT molecular complexity index is 2320. The lowest BCUT2D eigenvalue weighted by Crippen LogP contribution is -2.56. The fourth-order valence-electron chi connectivity index (χ4n) is 9.71. The number of carbonyl (C=O) groups excluding carboxylic acids is 3. The number of rotatable bonds is 9. The van der Waals surface area contributed by atoms with E-state index in [-0.39, 0.29) is 31.6 Å². The topological polar surface area (TPSA) is 127 Å². The van der Waals surface area contributed by atoms with Gasteiger partial charge in [-0.1, -0.05) is 91.0 Å². The SMILES string of the molecule is COc1cc2c(cc1OC)CN(C(=O)[C@@H]1[C@H]3C(=O)O[C@H](c4ccccc4)[C@H](c4ccccc4)N3[C@H](c3ccc(OCCO)cc3)[C@@]13C(=O)Nc1ccccc13)CC2. The lowest BCUT2D eigenvalue weighted by molar-refractivity contribution is -0.179. The number of ether oxygens (including phenoxy) is 4. The molecular weight excluding hydrogens is 723 g/mol. The number of hydrogen-bond acceptors (Lipinski definition) is 9. The standard InChI is InChI=1S/C46H43N3O8/c1-54-36-25-31-21-22-48(27-32(31)26-37(36)55-2)43(51)38-40-44(52)57-41(29-13-7-4-8-14-29)39(28-11-5-3-6-12-28)49(40)42(30-17-19-33(20-18-30)56-24-23-50)46(38)34-15-9-10-16-35(34)47-45(46)53/h3-20,25-26,38-42,50H,21-24,27H2,1-2H3,(H,47,53)/t38-,39-,40-,41+,42+,46-/m0/s1. The minimum absolute atomic E-state index is 0.117. The maximum Gasteiger partial charge on any atom is 0.324 e. The molecule has 2 fully saturated rings. The van der Waals surface area contributed by atoms with Crippen molar-refractivity contribution < 1.29 is 38.4 Å². The van der Waals surface area contributed by atoms with Gasteiger partial charge in [-0.25, -0.2) is 0 Å². The summed E-state index contributed by atoms with van der Waals surface area (Å²) in [6.07, 6.45) is -0.216. The molecule has 0 aliphatic carbocycles. The molecule has 0 aromatic heterocycles. The molecule has 2 saturated heterocycles. The van der Waals surface area contributed by atoms with Crippen molar-refractivity contribution in [3.8, 4) is 17.2 Å². The zero-order valence-corrected chi connectivity index (χ0v) is 31.7. The Morgan fingerprint density at radius 2 is 1.46 bits per heavy atom. The van der Waals surface area contributed by atoms with Crippen LogP contribution in [-0.2, 0) is 37.5 Å². The largest absolute Gasteiger partial charge is 0.493 e. The number of aliphatic hydroxyl groups is 1. The van der Waals surface area contributed by atoms with Crippen LogP contribution in [0.3, 0.4) is 0 Å². The van der Waals surface area contributed by atoms with E-state index in [0.29, 0.717) is 41.5 Å². The smallest absolute Gasteiger partial charge is 0.324 e. The number of fused-ring (bicyclic) bond motifs is 4. The van der Waals surface area contributed by atoms with E-state index >= 15 is 14.4 Å². The lowest BCUT2D eigenvalue weighted by Gasteiger charge is -2.46. The first-order chi connectivity index (χ1) is 27.9. The fourth-order valence-corrected chi connectivity index (χ4v) is 9.71. The van der Waals surface area contributed by atoms with Gasteiger partial charge in [0.25, 0.3) is 0 Å². The second-order valence-corrected chi connectivity index (χ2v) is 14.9. The van der Waals surface area contributed by atoms with Crippen molar-refractivity contribution in [2.45, 2.75) is 42.6 Å². The molecule has 5 aromatic carbocycles. The minimum Gasteiger partial charge on any atom is -0.493 e. The number of hydrogen-bond donors (Lipinski definition) is 2. The van der Waals surface area contributed by atoms with Crippen LogP contribution in [0, 0.1) is 5.92 Å². The van der Waals surface area contributed by atoms with Gasteiger partial charge in [-0.05, 0) is 70.1 Å². The Labute approximate surface area is 330 Å². The zero-order valence-electron chi connectivity index (χ0n) is 31.7. The predicted molar refractivity (Wildman–Crippen MR) is 211 cm³/mol. The van der Waals surface area contributed by atoms with Crippen molar-refractivity contribution in [2.75, 3.05) is 39.3 Å². The highest BCUT2D eigenvalue weighted by Gasteiger charge is 2.74. The number of amides is 2. The third kappa shape index (κ3) is 5.83. The molecule has 4 aliphatic heterocycles. The van der Waals surface area contributed by atoms with Crippen molar-refractivity contribution in [1.82, 2.24) is 9.80 Å². The first kappa shape index (κ1) is 36.5. The van der Waals surface area contributed by atoms with Gasteiger partial charge in [-0.2, -0.15) is 0 Å². The van der Waals surface area contributed by atoms with Crippen LogP contribution in [-0.4, -0.2) is 72.7 Å². The number of anilines is 1. The molecule has 290 valence electrons. The summed E-state index contributed by atoms with van der Waals surface area (Å²) in [4.78, 5) is 50.0. The van der Waals surface area contributed by atoms with E-state index in [2.05, 4.69) is 10.2 Å². The highest BCUT2D eigenvalue weighted by atomic mass is 16.6. The third-order valence-corrected chi connectivity index (χ3v) is 12.1. The number of carbonyl (C=O) groups is 3. The van der Waals surface area contributed by atoms with Crippen LogP contribution in [0.25, 0.3) is 0 Å². The highest BCUT2D eigenvalue weighted by molar-refractivity contribution is 6.12. The number of cyclic esters (lactones) is 1. The summed E-state index contributed by atoms with van der Waals surface area (Å²) in [6.45, 7) is 0.593. The first-order valence-corrected chi connectivity index (χ1v) is 19.2. The molecular formula is C46H43N3O8. The Morgan fingerprint density at radius 1 is 0.807 bits per heavy atom. The summed E-state index contributed by atoms with van der Waals surface area (Å²) in [5, 5.41) is 12.6. The number of nitrogens with one attached hydrogen (secondary N) is 1. The van der Waals surface area contributed by atoms with E-state index in [4.69, 9.17) is 18.9 Å². The summed E-state index contributed by atoms with van der Waals surface area (Å²) in [5.74, 6) is -0.724. The second kappa shape index (κ2) is 14.7. The van der Waals surface area contributed by atoms with Crippen molar-refractivity contribution in [1.29, 1.82) is 0 Å². The lowest BCUT2D eigenvalue weighted by atomic mass is 9.65. The van der Waals surface area contributed by atoms with Crippen molar-refractivity contribution in [2.24, 2.45) is 5.92 Å². The van der Waals surface area contributed by atoms with Crippen molar-refractivity contribution >= 4 is 23.5 Å². The summed E-state index contributed by atoms with van der Waals surface area (Å²) < 4.78 is 23.5. The minimum atomic E-state index is -1.57. The number of morpholine rings is 1. The van der Waals surface area contributed by atoms with Gasteiger partial charge in [-0.3, -0.25) is 19.3 Å². The summed E-state index contributed by atoms with van der Waals surface area (Å²) in [6, 6.07) is 35.6. The van der Waals surface area contributed by atoms with E-state index in [1.165, 1.54) is 0 Å². The third-order valence-electron chi connectivity index (χ3n) is 12.1. The van der Waals surface area contributed by atoms with E-state index in [1.54, 1.807) is 31.3 Å². The molecule has 5 aromatic rings. The monoisotopic (exact) mass is 765 g/mol. The number of nitrogens with zero attached hydrogens (tertiary/aromatic N) is 2. The van der Waals surface area contributed by atoms with E-state index < -0.39 is 41.5 Å². The summed E-state index contributed by atoms with van der Waals surface area (Å²) in [7, 11) is 3.17. The number of esters is 1. The highest BCUT2D eigenvalue weighted by Crippen LogP contribution is 2.65. The Morgan fingerprint density at radius 3 is 2.14 bits per heavy atom. The Kier molecular flexibility index (Phi) is 9.42. The van der Waals surface area contributed by atoms with Crippen LogP contribution in [0.15, 0.2) is 121 Å². The van der Waals surface area contributed by atoms with Crippen LogP contribution in [0.4, 0.5) is 5.69 Å². The fraction of sp³-hybridized carbons (Fsp3) is 0.283. The molecule has 0 saturated carbocycles. The zero-order chi connectivity index (χ0) is 39.3. The molecule has 0 unspecified atom stereocenters. The Hall–Kier alpha value is -6.17. The molecule has 4 heterocycles. The normalized spacial score (nSPS) is 24.9. The number of methoxy groups -OCH3 is 2. The number of benzene rings is 5. The van der Waals surface area contributed by atoms with Crippen LogP contribution in [0.5, 0.6) is 17.2 Å². The molecule has 0 bridgehead atoms. The van der Waals surface area contributed by atoms with E-state index in [1.807, 2.05) is 109 Å². The summed E-state index contributed by atoms with van der Waals surface area (Å²) >= 11 is 0. The van der Waals surface area contributed by atoms with Gasteiger partial charge >= 0.3 is 5.97 Å². The molecule has 2 N–H and O–H groups in total. The average Bonchev–Trinajstić information content (AvgIpc) is 3.74. The van der Waals surface area contributed by atoms with Gasteiger partial charge in [0.2, 0.25) is 11.8 Å². The van der Waals surface area contributed by atoms with E-state index in [0.717, 1.165) is 27.8 Å². The van der Waals surface area contributed by atoms with Crippen molar-refractivity contribution in [3.63, 3.8) is 0 Å². The van der Waals surface area contributed by atoms with Crippen LogP contribution in [0.1, 0.15) is 51.6 Å². The Balaban J connectivity index is 1.27. The van der Waals surface area contributed by atoms with Crippen LogP contribution < -0.4 is 19.5 Å². The van der Waals surface area contributed by atoms with Gasteiger partial charge in [0.1, 0.15) is 29.9 Å². The molecule has 11 heteroatoms. The summed E-state index contributed by atoms with van der Waals surface area (Å²) in [5.41, 5.74) is 4.01.